The van der Waals surface area contributed by atoms with Gasteiger partial charge in [-0.15, -0.1) is 0 Å². The van der Waals surface area contributed by atoms with Gasteiger partial charge < -0.3 is 24.3 Å². The van der Waals surface area contributed by atoms with Crippen LogP contribution in [0.2, 0.25) is 0 Å². The van der Waals surface area contributed by atoms with E-state index in [1.807, 2.05) is 0 Å². The molecule has 0 bridgehead atoms. The molecule has 0 amide bonds. The van der Waals surface area contributed by atoms with Crippen molar-refractivity contribution in [2.45, 2.75) is 26.3 Å². The summed E-state index contributed by atoms with van der Waals surface area (Å²) in [5, 5.41) is 4.73. The summed E-state index contributed by atoms with van der Waals surface area (Å²) in [6.45, 7) is 11.4. The zero-order valence-corrected chi connectivity index (χ0v) is 14.7. The Kier molecular flexibility index (Phi) is 4.37. The molecule has 1 N–H and O–H groups in total. The molecule has 2 aliphatic heterocycles. The van der Waals surface area contributed by atoms with E-state index in [1.54, 1.807) is 0 Å². The summed E-state index contributed by atoms with van der Waals surface area (Å²) >= 11 is 0. The Labute approximate surface area is 143 Å². The first-order valence-electron chi connectivity index (χ1n) is 9.08. The lowest BCUT2D eigenvalue weighted by Gasteiger charge is -2.27. The van der Waals surface area contributed by atoms with Crippen LogP contribution in [-0.2, 0) is 6.42 Å². The van der Waals surface area contributed by atoms with Crippen molar-refractivity contribution < 1.29 is 9.47 Å². The molecule has 0 aliphatic carbocycles. The van der Waals surface area contributed by atoms with Gasteiger partial charge in [0.1, 0.15) is 13.2 Å². The average molecular weight is 329 g/mol. The summed E-state index contributed by atoms with van der Waals surface area (Å²) in [5.74, 6) is 1.76. The molecule has 2 aromatic rings. The first-order valence-corrected chi connectivity index (χ1v) is 9.08. The lowest BCUT2D eigenvalue weighted by atomic mass is 10.1. The first-order chi connectivity index (χ1) is 11.7. The van der Waals surface area contributed by atoms with Crippen molar-refractivity contribution in [3.63, 3.8) is 0 Å². The van der Waals surface area contributed by atoms with E-state index in [-0.39, 0.29) is 0 Å². The minimum Gasteiger partial charge on any atom is -0.486 e. The summed E-state index contributed by atoms with van der Waals surface area (Å²) < 4.78 is 13.9. The van der Waals surface area contributed by atoms with Gasteiger partial charge in [0, 0.05) is 56.4 Å². The predicted molar refractivity (Wildman–Crippen MR) is 96.3 cm³/mol. The Hall–Kier alpha value is -1.72. The molecule has 3 heterocycles. The SMILES string of the molecule is CC(C)n1cc(CCN2CCNCC2)c2cc3c(cc21)OCCO3. The lowest BCUT2D eigenvalue weighted by molar-refractivity contribution is 0.172. The molecule has 24 heavy (non-hydrogen) atoms. The Morgan fingerprint density at radius 2 is 1.79 bits per heavy atom. The number of fused-ring (bicyclic) bond motifs is 2. The number of ether oxygens (including phenoxy) is 2. The van der Waals surface area contributed by atoms with Gasteiger partial charge in [-0.25, -0.2) is 0 Å². The molecule has 0 radical (unpaired) electrons. The molecular weight excluding hydrogens is 302 g/mol. The van der Waals surface area contributed by atoms with Gasteiger partial charge in [-0.2, -0.15) is 0 Å². The molecule has 0 atom stereocenters. The molecule has 0 spiro atoms. The van der Waals surface area contributed by atoms with Crippen LogP contribution in [0.15, 0.2) is 18.3 Å². The van der Waals surface area contributed by atoms with Crippen LogP contribution in [-0.4, -0.2) is 55.4 Å². The summed E-state index contributed by atoms with van der Waals surface area (Å²) in [7, 11) is 0. The second-order valence-corrected chi connectivity index (χ2v) is 7.01. The van der Waals surface area contributed by atoms with Gasteiger partial charge in [-0.05, 0) is 31.9 Å². The molecule has 4 rings (SSSR count). The number of hydrogen-bond donors (Lipinski definition) is 1. The molecule has 1 saturated heterocycles. The molecule has 1 aromatic carbocycles. The van der Waals surface area contributed by atoms with Crippen LogP contribution in [0.1, 0.15) is 25.5 Å². The van der Waals surface area contributed by atoms with Gasteiger partial charge in [0.25, 0.3) is 0 Å². The Bertz CT molecular complexity index is 717. The van der Waals surface area contributed by atoms with Crippen molar-refractivity contribution in [3.8, 4) is 11.5 Å². The maximum Gasteiger partial charge on any atom is 0.163 e. The van der Waals surface area contributed by atoms with Crippen molar-refractivity contribution in [1.82, 2.24) is 14.8 Å². The zero-order valence-electron chi connectivity index (χ0n) is 14.7. The van der Waals surface area contributed by atoms with Crippen LogP contribution >= 0.6 is 0 Å². The highest BCUT2D eigenvalue weighted by Gasteiger charge is 2.19. The minimum absolute atomic E-state index is 0.433. The van der Waals surface area contributed by atoms with Crippen molar-refractivity contribution in [2.75, 3.05) is 45.9 Å². The van der Waals surface area contributed by atoms with Crippen LogP contribution in [0, 0.1) is 0 Å². The van der Waals surface area contributed by atoms with E-state index < -0.39 is 0 Å². The molecule has 2 aliphatic rings. The number of piperazine rings is 1. The highest BCUT2D eigenvalue weighted by molar-refractivity contribution is 5.87. The van der Waals surface area contributed by atoms with Crippen molar-refractivity contribution >= 4 is 10.9 Å². The van der Waals surface area contributed by atoms with Crippen LogP contribution in [0.4, 0.5) is 0 Å². The van der Waals surface area contributed by atoms with Gasteiger partial charge in [0.15, 0.2) is 11.5 Å². The van der Waals surface area contributed by atoms with E-state index in [0.717, 1.165) is 50.6 Å². The monoisotopic (exact) mass is 329 g/mol. The predicted octanol–water partition coefficient (Wildman–Crippen LogP) is 2.44. The van der Waals surface area contributed by atoms with E-state index in [1.165, 1.54) is 16.5 Å². The van der Waals surface area contributed by atoms with Gasteiger partial charge in [-0.3, -0.25) is 0 Å². The number of nitrogens with zero attached hydrogens (tertiary/aromatic N) is 2. The van der Waals surface area contributed by atoms with E-state index in [4.69, 9.17) is 9.47 Å². The number of hydrogen-bond acceptors (Lipinski definition) is 4. The third kappa shape index (κ3) is 2.98. The van der Waals surface area contributed by atoms with Gasteiger partial charge >= 0.3 is 0 Å². The number of rotatable bonds is 4. The third-order valence-corrected chi connectivity index (χ3v) is 5.04. The van der Waals surface area contributed by atoms with Crippen LogP contribution in [0.25, 0.3) is 10.9 Å². The summed E-state index contributed by atoms with van der Waals surface area (Å²) in [5.41, 5.74) is 2.67. The van der Waals surface area contributed by atoms with Crippen molar-refractivity contribution in [1.29, 1.82) is 0 Å². The Morgan fingerprint density at radius 1 is 1.08 bits per heavy atom. The molecule has 0 unspecified atom stereocenters. The second kappa shape index (κ2) is 6.65. The normalized spacial score (nSPS) is 18.5. The van der Waals surface area contributed by atoms with Crippen LogP contribution < -0.4 is 14.8 Å². The standard InChI is InChI=1S/C19H27N3O2/c1-14(2)22-13-15(3-6-21-7-4-20-5-8-21)16-11-18-19(12-17(16)22)24-10-9-23-18/h11-14,20H,3-10H2,1-2H3. The largest absolute Gasteiger partial charge is 0.486 e. The quantitative estimate of drug-likeness (QED) is 0.935. The summed E-state index contributed by atoms with van der Waals surface area (Å²) in [4.78, 5) is 2.55. The molecule has 1 aromatic heterocycles. The van der Waals surface area contributed by atoms with Gasteiger partial charge in [-0.1, -0.05) is 0 Å². The van der Waals surface area contributed by atoms with Gasteiger partial charge in [0.05, 0.1) is 5.52 Å². The maximum absolute atomic E-state index is 5.80. The summed E-state index contributed by atoms with van der Waals surface area (Å²) in [6, 6.07) is 4.76. The van der Waals surface area contributed by atoms with E-state index in [2.05, 4.69) is 47.0 Å². The highest BCUT2D eigenvalue weighted by atomic mass is 16.6. The fourth-order valence-electron chi connectivity index (χ4n) is 3.70. The molecular formula is C19H27N3O2. The minimum atomic E-state index is 0.433. The highest BCUT2D eigenvalue weighted by Crippen LogP contribution is 2.37. The van der Waals surface area contributed by atoms with Gasteiger partial charge in [0.2, 0.25) is 0 Å². The smallest absolute Gasteiger partial charge is 0.163 e. The number of aromatic nitrogens is 1. The van der Waals surface area contributed by atoms with E-state index in [0.29, 0.717) is 19.3 Å². The van der Waals surface area contributed by atoms with Crippen LogP contribution in [0.3, 0.4) is 0 Å². The van der Waals surface area contributed by atoms with E-state index in [9.17, 15) is 0 Å². The molecule has 5 nitrogen and oxygen atoms in total. The molecule has 130 valence electrons. The number of benzene rings is 1. The summed E-state index contributed by atoms with van der Waals surface area (Å²) in [6.07, 6.45) is 3.40. The Balaban J connectivity index is 1.66. The van der Waals surface area contributed by atoms with E-state index >= 15 is 0 Å². The number of nitrogens with one attached hydrogen (secondary N) is 1. The maximum atomic E-state index is 5.80. The Morgan fingerprint density at radius 3 is 2.50 bits per heavy atom. The first kappa shape index (κ1) is 15.8. The second-order valence-electron chi connectivity index (χ2n) is 7.01. The average Bonchev–Trinajstić information content (AvgIpc) is 2.97. The van der Waals surface area contributed by atoms with Crippen molar-refractivity contribution in [2.24, 2.45) is 0 Å². The molecule has 0 saturated carbocycles. The fraction of sp³-hybridized carbons (Fsp3) is 0.579. The fourth-order valence-corrected chi connectivity index (χ4v) is 3.70. The third-order valence-electron chi connectivity index (χ3n) is 5.04. The van der Waals surface area contributed by atoms with Crippen molar-refractivity contribution in [3.05, 3.63) is 23.9 Å². The van der Waals surface area contributed by atoms with Crippen LogP contribution in [0.5, 0.6) is 11.5 Å². The molecule has 5 heteroatoms. The topological polar surface area (TPSA) is 38.7 Å². The molecule has 1 fully saturated rings. The zero-order chi connectivity index (χ0) is 16.5. The lowest BCUT2D eigenvalue weighted by Crippen LogP contribution is -2.44.